The molecular formula is C27H27FN2O3. The second-order valence-electron chi connectivity index (χ2n) is 8.14. The third-order valence-corrected chi connectivity index (χ3v) is 5.99. The van der Waals surface area contributed by atoms with Crippen LogP contribution >= 0.6 is 0 Å². The smallest absolute Gasteiger partial charge is 0.352 e. The number of hydrogen-bond donors (Lipinski definition) is 2. The second kappa shape index (κ2) is 9.88. The summed E-state index contributed by atoms with van der Waals surface area (Å²) in [5, 5.41) is 14.4. The number of benzene rings is 3. The van der Waals surface area contributed by atoms with Crippen molar-refractivity contribution in [2.75, 3.05) is 13.7 Å². The number of carbonyl (C=O) groups is 1. The van der Waals surface area contributed by atoms with E-state index >= 15 is 0 Å². The molecule has 2 N–H and O–H groups in total. The summed E-state index contributed by atoms with van der Waals surface area (Å²) in [5.74, 6) is -0.528. The van der Waals surface area contributed by atoms with Gasteiger partial charge in [-0.2, -0.15) is 0 Å². The number of rotatable bonds is 9. The van der Waals surface area contributed by atoms with E-state index in [2.05, 4.69) is 24.4 Å². The van der Waals surface area contributed by atoms with Gasteiger partial charge in [-0.25, -0.2) is 9.18 Å². The molecule has 0 saturated carbocycles. The maximum atomic E-state index is 14.4. The molecule has 0 aliphatic heterocycles. The van der Waals surface area contributed by atoms with E-state index in [1.54, 1.807) is 35.9 Å². The summed E-state index contributed by atoms with van der Waals surface area (Å²) in [4.78, 5) is 12.4. The van der Waals surface area contributed by atoms with Crippen molar-refractivity contribution in [1.29, 1.82) is 0 Å². The van der Waals surface area contributed by atoms with Gasteiger partial charge in [0, 0.05) is 35.7 Å². The molecule has 4 aromatic rings. The zero-order chi connectivity index (χ0) is 23.4. The van der Waals surface area contributed by atoms with Gasteiger partial charge in [-0.05, 0) is 29.7 Å². The van der Waals surface area contributed by atoms with Crippen LogP contribution < -0.4 is 10.1 Å². The monoisotopic (exact) mass is 446 g/mol. The molecule has 6 heteroatoms. The van der Waals surface area contributed by atoms with Crippen LogP contribution in [-0.2, 0) is 13.1 Å². The first-order valence-corrected chi connectivity index (χ1v) is 10.9. The summed E-state index contributed by atoms with van der Waals surface area (Å²) in [7, 11) is 1.57. The van der Waals surface area contributed by atoms with Crippen molar-refractivity contribution in [2.24, 2.45) is 0 Å². The molecule has 1 heterocycles. The molecule has 0 aliphatic rings. The van der Waals surface area contributed by atoms with Gasteiger partial charge in [0.15, 0.2) is 0 Å². The van der Waals surface area contributed by atoms with Crippen molar-refractivity contribution >= 4 is 16.9 Å². The van der Waals surface area contributed by atoms with E-state index in [0.29, 0.717) is 35.5 Å². The van der Waals surface area contributed by atoms with Gasteiger partial charge in [-0.15, -0.1) is 0 Å². The Kier molecular flexibility index (Phi) is 6.75. The fourth-order valence-electron chi connectivity index (χ4n) is 4.23. The molecule has 170 valence electrons. The zero-order valence-corrected chi connectivity index (χ0v) is 18.7. The number of methoxy groups -OCH3 is 1. The van der Waals surface area contributed by atoms with Crippen LogP contribution in [0.3, 0.4) is 0 Å². The van der Waals surface area contributed by atoms with Gasteiger partial charge < -0.3 is 19.7 Å². The lowest BCUT2D eigenvalue weighted by atomic mass is 10.0. The molecule has 0 bridgehead atoms. The summed E-state index contributed by atoms with van der Waals surface area (Å²) in [6, 6.07) is 22.1. The summed E-state index contributed by atoms with van der Waals surface area (Å²) < 4.78 is 21.5. The van der Waals surface area contributed by atoms with E-state index in [1.807, 2.05) is 30.3 Å². The maximum Gasteiger partial charge on any atom is 0.352 e. The Hall–Kier alpha value is -3.64. The number of hydrogen-bond acceptors (Lipinski definition) is 3. The number of carboxylic acids is 1. The molecular weight excluding hydrogens is 419 g/mol. The number of nitrogens with one attached hydrogen (secondary N) is 1. The molecule has 1 aromatic heterocycles. The highest BCUT2D eigenvalue weighted by Crippen LogP contribution is 2.31. The molecule has 0 saturated heterocycles. The van der Waals surface area contributed by atoms with Crippen molar-refractivity contribution in [2.45, 2.75) is 25.9 Å². The van der Waals surface area contributed by atoms with Gasteiger partial charge in [0.2, 0.25) is 0 Å². The molecule has 0 fully saturated rings. The fourth-order valence-corrected chi connectivity index (χ4v) is 4.23. The van der Waals surface area contributed by atoms with Crippen LogP contribution in [0.4, 0.5) is 4.39 Å². The Labute approximate surface area is 192 Å². The fraction of sp³-hybridized carbons (Fsp3) is 0.222. The average molecular weight is 447 g/mol. The lowest BCUT2D eigenvalue weighted by molar-refractivity contribution is 0.0684. The number of aromatic carboxylic acids is 1. The second-order valence-corrected chi connectivity index (χ2v) is 8.14. The van der Waals surface area contributed by atoms with Crippen LogP contribution in [0.5, 0.6) is 5.75 Å². The normalized spacial score (nSPS) is 12.1. The Morgan fingerprint density at radius 2 is 1.82 bits per heavy atom. The minimum absolute atomic E-state index is 0.110. The third kappa shape index (κ3) is 4.76. The van der Waals surface area contributed by atoms with E-state index in [0.717, 1.165) is 5.39 Å². The Balaban J connectivity index is 1.71. The Morgan fingerprint density at radius 1 is 1.09 bits per heavy atom. The van der Waals surface area contributed by atoms with Crippen molar-refractivity contribution in [1.82, 2.24) is 9.88 Å². The molecule has 1 atom stereocenters. The summed E-state index contributed by atoms with van der Waals surface area (Å²) in [5.41, 5.74) is 3.17. The largest absolute Gasteiger partial charge is 0.497 e. The summed E-state index contributed by atoms with van der Waals surface area (Å²) in [6.07, 6.45) is 0. The molecule has 0 aliphatic carbocycles. The highest BCUT2D eigenvalue weighted by atomic mass is 19.1. The number of ether oxygens (including phenoxy) is 1. The molecule has 0 radical (unpaired) electrons. The number of aromatic nitrogens is 1. The van der Waals surface area contributed by atoms with Gasteiger partial charge in [0.1, 0.15) is 17.3 Å². The summed E-state index contributed by atoms with van der Waals surface area (Å²) >= 11 is 0. The average Bonchev–Trinajstić information content (AvgIpc) is 3.13. The number of fused-ring (bicyclic) bond motifs is 1. The topological polar surface area (TPSA) is 63.5 Å². The van der Waals surface area contributed by atoms with Crippen LogP contribution in [0.25, 0.3) is 10.9 Å². The zero-order valence-electron chi connectivity index (χ0n) is 18.7. The van der Waals surface area contributed by atoms with Gasteiger partial charge in [-0.3, -0.25) is 0 Å². The van der Waals surface area contributed by atoms with Gasteiger partial charge in [0.25, 0.3) is 0 Å². The highest BCUT2D eigenvalue weighted by Gasteiger charge is 2.23. The molecule has 0 spiro atoms. The van der Waals surface area contributed by atoms with Crippen LogP contribution in [0.2, 0.25) is 0 Å². The Bertz CT molecular complexity index is 1270. The molecule has 0 amide bonds. The maximum absolute atomic E-state index is 14.4. The number of halogens is 1. The molecule has 3 aromatic carbocycles. The van der Waals surface area contributed by atoms with Crippen molar-refractivity contribution in [3.63, 3.8) is 0 Å². The molecule has 4 rings (SSSR count). The highest BCUT2D eigenvalue weighted by molar-refractivity contribution is 5.98. The first-order chi connectivity index (χ1) is 16.0. The van der Waals surface area contributed by atoms with E-state index in [-0.39, 0.29) is 24.0 Å². The Morgan fingerprint density at radius 3 is 2.52 bits per heavy atom. The SMILES string of the molecule is COc1ccc2c(CNCC(C)c3ccccc3)c(C(=O)O)n(Cc3ccccc3F)c2c1. The molecule has 33 heavy (non-hydrogen) atoms. The third-order valence-electron chi connectivity index (χ3n) is 5.99. The first-order valence-electron chi connectivity index (χ1n) is 10.9. The van der Waals surface area contributed by atoms with Gasteiger partial charge in [-0.1, -0.05) is 55.5 Å². The minimum atomic E-state index is -1.05. The van der Waals surface area contributed by atoms with Crippen molar-refractivity contribution in [3.8, 4) is 5.75 Å². The number of nitrogens with zero attached hydrogens (tertiary/aromatic N) is 1. The number of carboxylic acid groups (broad SMARTS) is 1. The lowest BCUT2D eigenvalue weighted by Gasteiger charge is -2.14. The minimum Gasteiger partial charge on any atom is -0.497 e. The van der Waals surface area contributed by atoms with Crippen molar-refractivity contribution < 1.29 is 19.0 Å². The van der Waals surface area contributed by atoms with Crippen molar-refractivity contribution in [3.05, 3.63) is 101 Å². The first kappa shape index (κ1) is 22.6. The molecule has 1 unspecified atom stereocenters. The van der Waals surface area contributed by atoms with Gasteiger partial charge in [0.05, 0.1) is 19.2 Å². The van der Waals surface area contributed by atoms with Crippen LogP contribution in [0.1, 0.15) is 40.0 Å². The van der Waals surface area contributed by atoms with E-state index in [1.165, 1.54) is 11.6 Å². The van der Waals surface area contributed by atoms with Crippen LogP contribution in [-0.4, -0.2) is 29.3 Å². The van der Waals surface area contributed by atoms with E-state index < -0.39 is 5.97 Å². The predicted octanol–water partition coefficient (Wildman–Crippen LogP) is 5.43. The van der Waals surface area contributed by atoms with Gasteiger partial charge >= 0.3 is 5.97 Å². The van der Waals surface area contributed by atoms with E-state index in [9.17, 15) is 14.3 Å². The van der Waals surface area contributed by atoms with Crippen LogP contribution in [0, 0.1) is 5.82 Å². The quantitative estimate of drug-likeness (QED) is 0.360. The predicted molar refractivity (Wildman–Crippen MR) is 128 cm³/mol. The van der Waals surface area contributed by atoms with Crippen LogP contribution in [0.15, 0.2) is 72.8 Å². The van der Waals surface area contributed by atoms with E-state index in [4.69, 9.17) is 4.74 Å². The molecule has 5 nitrogen and oxygen atoms in total. The summed E-state index contributed by atoms with van der Waals surface area (Å²) in [6.45, 7) is 3.32. The lowest BCUT2D eigenvalue weighted by Crippen LogP contribution is -2.21. The standard InChI is InChI=1S/C27H27FN2O3/c1-18(19-8-4-3-5-9-19)15-29-16-23-22-13-12-21(33-2)14-25(22)30(26(23)27(31)32)17-20-10-6-7-11-24(20)28/h3-14,18,29H,15-17H2,1-2H3,(H,31,32).